The van der Waals surface area contributed by atoms with Gasteiger partial charge in [0.1, 0.15) is 0 Å². The third-order valence-corrected chi connectivity index (χ3v) is 4.17. The number of hydrogen-bond acceptors (Lipinski definition) is 4. The minimum absolute atomic E-state index is 0.348. The molecule has 7 nitrogen and oxygen atoms in total. The van der Waals surface area contributed by atoms with E-state index in [1.54, 1.807) is 6.07 Å². The van der Waals surface area contributed by atoms with Gasteiger partial charge in [-0.1, -0.05) is 6.92 Å². The molecule has 1 aliphatic heterocycles. The highest BCUT2D eigenvalue weighted by Crippen LogP contribution is 2.11. The number of nitrogens with one attached hydrogen (secondary N) is 3. The van der Waals surface area contributed by atoms with E-state index in [2.05, 4.69) is 20.2 Å². The molecule has 1 aromatic heterocycles. The van der Waals surface area contributed by atoms with Crippen molar-refractivity contribution in [2.45, 2.75) is 13.3 Å². The van der Waals surface area contributed by atoms with Crippen LogP contribution in [0.5, 0.6) is 0 Å². The molecule has 1 fully saturated rings. The van der Waals surface area contributed by atoms with Gasteiger partial charge in [-0.2, -0.15) is 17.8 Å². The molecule has 96 valence electrons. The number of aryl methyl sites for hydroxylation is 1. The van der Waals surface area contributed by atoms with Crippen LogP contribution in [0.25, 0.3) is 0 Å². The quantitative estimate of drug-likeness (QED) is 0.682. The molecule has 0 amide bonds. The summed E-state index contributed by atoms with van der Waals surface area (Å²) in [7, 11) is -3.47. The normalized spacial score (nSPS) is 18.2. The number of nitrogens with zero attached hydrogens (tertiary/aromatic N) is 2. The van der Waals surface area contributed by atoms with Crippen LogP contribution in [0.3, 0.4) is 0 Å². The zero-order chi connectivity index (χ0) is 12.3. The Morgan fingerprint density at radius 2 is 2.18 bits per heavy atom. The highest BCUT2D eigenvalue weighted by molar-refractivity contribution is 7.90. The maximum absolute atomic E-state index is 12.0. The van der Waals surface area contributed by atoms with Crippen LogP contribution in [-0.4, -0.2) is 49.1 Å². The molecule has 0 atom stereocenters. The van der Waals surface area contributed by atoms with E-state index in [1.807, 2.05) is 6.92 Å². The number of aromatic amines is 1. The predicted octanol–water partition coefficient (Wildman–Crippen LogP) is -0.466. The first-order valence-corrected chi connectivity index (χ1v) is 7.08. The Morgan fingerprint density at radius 3 is 2.76 bits per heavy atom. The zero-order valence-corrected chi connectivity index (χ0v) is 10.5. The molecule has 0 radical (unpaired) electrons. The summed E-state index contributed by atoms with van der Waals surface area (Å²) in [6.07, 6.45) is 0.794. The summed E-state index contributed by atoms with van der Waals surface area (Å²) in [6.45, 7) is 4.31. The molecule has 3 N–H and O–H groups in total. The maximum Gasteiger partial charge on any atom is 0.302 e. The molecule has 2 rings (SSSR count). The first-order valence-electron chi connectivity index (χ1n) is 5.64. The number of H-pyrrole nitrogens is 1. The van der Waals surface area contributed by atoms with Crippen LogP contribution >= 0.6 is 0 Å². The average Bonchev–Trinajstić information content (AvgIpc) is 2.77. The fraction of sp³-hybridized carbons (Fsp3) is 0.667. The smallest absolute Gasteiger partial charge is 0.302 e. The maximum atomic E-state index is 12.0. The van der Waals surface area contributed by atoms with Gasteiger partial charge >= 0.3 is 10.2 Å². The van der Waals surface area contributed by atoms with E-state index < -0.39 is 10.2 Å². The van der Waals surface area contributed by atoms with Gasteiger partial charge in [0.15, 0.2) is 5.82 Å². The second-order valence-electron chi connectivity index (χ2n) is 3.89. The molecule has 0 bridgehead atoms. The minimum atomic E-state index is -3.47. The van der Waals surface area contributed by atoms with E-state index in [0.717, 1.165) is 12.1 Å². The molecule has 0 spiro atoms. The SMILES string of the molecule is CCc1cc(NS(=O)(=O)N2CCNCC2)n[nH]1. The van der Waals surface area contributed by atoms with Crippen molar-refractivity contribution in [3.63, 3.8) is 0 Å². The molecule has 0 saturated carbocycles. The highest BCUT2D eigenvalue weighted by Gasteiger charge is 2.24. The highest BCUT2D eigenvalue weighted by atomic mass is 32.2. The third kappa shape index (κ3) is 2.96. The number of aromatic nitrogens is 2. The molecule has 8 heteroatoms. The zero-order valence-electron chi connectivity index (χ0n) is 9.73. The van der Waals surface area contributed by atoms with Crippen molar-refractivity contribution in [3.05, 3.63) is 11.8 Å². The van der Waals surface area contributed by atoms with Gasteiger partial charge in [-0.05, 0) is 6.42 Å². The van der Waals surface area contributed by atoms with Gasteiger partial charge in [0, 0.05) is 37.9 Å². The van der Waals surface area contributed by atoms with Crippen molar-refractivity contribution >= 4 is 16.0 Å². The van der Waals surface area contributed by atoms with Crippen LogP contribution in [0.1, 0.15) is 12.6 Å². The summed E-state index contributed by atoms with van der Waals surface area (Å²) in [4.78, 5) is 0. The fourth-order valence-electron chi connectivity index (χ4n) is 1.68. The molecular formula is C9H17N5O2S. The molecule has 0 unspecified atom stereocenters. The van der Waals surface area contributed by atoms with E-state index in [-0.39, 0.29) is 0 Å². The van der Waals surface area contributed by atoms with Crippen LogP contribution < -0.4 is 10.0 Å². The molecule has 1 aromatic rings. The van der Waals surface area contributed by atoms with Crippen molar-refractivity contribution in [1.29, 1.82) is 0 Å². The lowest BCUT2D eigenvalue weighted by atomic mass is 10.3. The first-order chi connectivity index (χ1) is 8.12. The Kier molecular flexibility index (Phi) is 3.65. The van der Waals surface area contributed by atoms with Crippen LogP contribution in [0, 0.1) is 0 Å². The number of anilines is 1. The van der Waals surface area contributed by atoms with E-state index in [9.17, 15) is 8.42 Å². The Hall–Kier alpha value is -1.12. The minimum Gasteiger partial charge on any atom is -0.314 e. The van der Waals surface area contributed by atoms with E-state index in [0.29, 0.717) is 32.0 Å². The summed E-state index contributed by atoms with van der Waals surface area (Å²) in [5, 5.41) is 9.79. The van der Waals surface area contributed by atoms with Gasteiger partial charge in [-0.15, -0.1) is 0 Å². The molecule has 0 aromatic carbocycles. The van der Waals surface area contributed by atoms with Crippen molar-refractivity contribution < 1.29 is 8.42 Å². The van der Waals surface area contributed by atoms with Gasteiger partial charge < -0.3 is 5.32 Å². The van der Waals surface area contributed by atoms with Crippen LogP contribution in [0.2, 0.25) is 0 Å². The van der Waals surface area contributed by atoms with Crippen LogP contribution in [-0.2, 0) is 16.6 Å². The fourth-order valence-corrected chi connectivity index (χ4v) is 2.84. The van der Waals surface area contributed by atoms with Crippen LogP contribution in [0.15, 0.2) is 6.07 Å². The van der Waals surface area contributed by atoms with Gasteiger partial charge in [0.2, 0.25) is 0 Å². The van der Waals surface area contributed by atoms with Gasteiger partial charge in [-0.25, -0.2) is 0 Å². The standard InChI is InChI=1S/C9H17N5O2S/c1-2-8-7-9(12-11-8)13-17(15,16)14-5-3-10-4-6-14/h7,10H,2-6H2,1H3,(H2,11,12,13). The second-order valence-corrected chi connectivity index (χ2v) is 5.56. The molecule has 1 saturated heterocycles. The third-order valence-electron chi connectivity index (χ3n) is 2.66. The van der Waals surface area contributed by atoms with Gasteiger partial charge in [0.05, 0.1) is 0 Å². The van der Waals surface area contributed by atoms with Crippen molar-refractivity contribution in [2.24, 2.45) is 0 Å². The van der Waals surface area contributed by atoms with Crippen molar-refractivity contribution in [1.82, 2.24) is 19.8 Å². The van der Waals surface area contributed by atoms with E-state index >= 15 is 0 Å². The Morgan fingerprint density at radius 1 is 1.47 bits per heavy atom. The number of hydrogen-bond donors (Lipinski definition) is 3. The van der Waals surface area contributed by atoms with Gasteiger partial charge in [0.25, 0.3) is 0 Å². The van der Waals surface area contributed by atoms with E-state index in [1.165, 1.54) is 4.31 Å². The molecule has 2 heterocycles. The molecule has 17 heavy (non-hydrogen) atoms. The molecule has 0 aliphatic carbocycles. The van der Waals surface area contributed by atoms with E-state index in [4.69, 9.17) is 0 Å². The number of piperazine rings is 1. The number of rotatable bonds is 4. The summed E-state index contributed by atoms with van der Waals surface area (Å²) in [5.41, 5.74) is 0.906. The van der Waals surface area contributed by atoms with Crippen molar-refractivity contribution in [2.75, 3.05) is 30.9 Å². The topological polar surface area (TPSA) is 90.1 Å². The molecular weight excluding hydrogens is 242 g/mol. The Balaban J connectivity index is 2.05. The summed E-state index contributed by atoms with van der Waals surface area (Å²) in [5.74, 6) is 0.348. The summed E-state index contributed by atoms with van der Waals surface area (Å²) in [6, 6.07) is 1.71. The molecule has 1 aliphatic rings. The van der Waals surface area contributed by atoms with Crippen LogP contribution in [0.4, 0.5) is 5.82 Å². The second kappa shape index (κ2) is 5.03. The summed E-state index contributed by atoms with van der Waals surface area (Å²) >= 11 is 0. The van der Waals surface area contributed by atoms with Gasteiger partial charge in [-0.3, -0.25) is 9.82 Å². The predicted molar refractivity (Wildman–Crippen MR) is 65.0 cm³/mol. The Bertz CT molecular complexity index is 463. The monoisotopic (exact) mass is 259 g/mol. The lowest BCUT2D eigenvalue weighted by molar-refractivity contribution is 0.362. The lowest BCUT2D eigenvalue weighted by Gasteiger charge is -2.26. The summed E-state index contributed by atoms with van der Waals surface area (Å²) < 4.78 is 27.9. The largest absolute Gasteiger partial charge is 0.314 e. The first kappa shape index (κ1) is 12.3. The average molecular weight is 259 g/mol. The lowest BCUT2D eigenvalue weighted by Crippen LogP contribution is -2.48. The van der Waals surface area contributed by atoms with Crippen molar-refractivity contribution in [3.8, 4) is 0 Å². The Labute approximate surface area is 101 Å².